The lowest BCUT2D eigenvalue weighted by Gasteiger charge is -2.31. The second-order valence-corrected chi connectivity index (χ2v) is 10.2. The van der Waals surface area contributed by atoms with Crippen LogP contribution in [0.1, 0.15) is 39.5 Å². The molecule has 16 heavy (non-hydrogen) atoms. The van der Waals surface area contributed by atoms with Crippen LogP contribution in [-0.2, 0) is 20.9 Å². The van der Waals surface area contributed by atoms with Gasteiger partial charge in [-0.3, -0.25) is 0 Å². The summed E-state index contributed by atoms with van der Waals surface area (Å²) >= 11 is 7.01. The highest BCUT2D eigenvalue weighted by molar-refractivity contribution is 8.68. The third-order valence-electron chi connectivity index (χ3n) is 2.51. The number of aliphatic hydroxyl groups excluding tert-OH is 1. The molecule has 0 aromatic heterocycles. The second kappa shape index (κ2) is 7.34. The van der Waals surface area contributed by atoms with Gasteiger partial charge in [-0.1, -0.05) is 24.2 Å². The molecule has 1 saturated carbocycles. The number of aliphatic hydroxyl groups is 1. The number of hydrogen-bond acceptors (Lipinski definition) is 5. The van der Waals surface area contributed by atoms with Crippen molar-refractivity contribution in [3.63, 3.8) is 0 Å². The van der Waals surface area contributed by atoms with E-state index in [9.17, 15) is 5.11 Å². The van der Waals surface area contributed by atoms with Gasteiger partial charge >= 0.3 is 0 Å². The van der Waals surface area contributed by atoms with Crippen molar-refractivity contribution in [3.05, 3.63) is 0 Å². The van der Waals surface area contributed by atoms with Crippen LogP contribution < -0.4 is 0 Å². The Morgan fingerprint density at radius 3 is 2.31 bits per heavy atom. The minimum absolute atomic E-state index is 0.192. The largest absolute Gasteiger partial charge is 0.392 e. The summed E-state index contributed by atoms with van der Waals surface area (Å²) in [6.45, 7) is 5.01. The van der Waals surface area contributed by atoms with E-state index < -0.39 is 5.69 Å². The van der Waals surface area contributed by atoms with Gasteiger partial charge < -0.3 is 14.2 Å². The fraction of sp³-hybridized carbons (Fsp3) is 1.00. The maximum Gasteiger partial charge on any atom is 0.247 e. The first-order valence-electron chi connectivity index (χ1n) is 5.87. The van der Waals surface area contributed by atoms with Gasteiger partial charge in [0.1, 0.15) is 0 Å². The molecule has 0 heterocycles. The molecule has 0 aromatic carbocycles. The molecule has 3 nitrogen and oxygen atoms in total. The van der Waals surface area contributed by atoms with Gasteiger partial charge in [-0.15, -0.1) is 0 Å². The monoisotopic (exact) mass is 284 g/mol. The first-order valence-corrected chi connectivity index (χ1v) is 9.99. The van der Waals surface area contributed by atoms with Crippen LogP contribution in [0.5, 0.6) is 0 Å². The topological polar surface area (TPSA) is 38.7 Å². The maximum atomic E-state index is 9.91. The Bertz CT molecular complexity index is 240. The van der Waals surface area contributed by atoms with E-state index in [4.69, 9.17) is 20.9 Å². The van der Waals surface area contributed by atoms with E-state index in [1.807, 2.05) is 13.8 Å². The summed E-state index contributed by atoms with van der Waals surface area (Å²) in [5, 5.41) is 10.1. The van der Waals surface area contributed by atoms with Crippen LogP contribution in [0, 0.1) is 0 Å². The van der Waals surface area contributed by atoms with Crippen LogP contribution in [0.25, 0.3) is 0 Å². The SMILES string of the molecule is CCOP(=S)(OCC)S[C@H]1CCCC[C@@H]1O. The van der Waals surface area contributed by atoms with Crippen LogP contribution in [0.2, 0.25) is 0 Å². The molecule has 0 radical (unpaired) electrons. The molecule has 0 saturated heterocycles. The van der Waals surface area contributed by atoms with Gasteiger partial charge in [0.15, 0.2) is 0 Å². The summed E-state index contributed by atoms with van der Waals surface area (Å²) in [5.74, 6) is 0. The van der Waals surface area contributed by atoms with Crippen molar-refractivity contribution in [3.8, 4) is 0 Å². The van der Waals surface area contributed by atoms with E-state index in [0.717, 1.165) is 19.3 Å². The van der Waals surface area contributed by atoms with Crippen molar-refractivity contribution in [2.75, 3.05) is 13.2 Å². The zero-order valence-electron chi connectivity index (χ0n) is 9.92. The molecule has 2 atom stereocenters. The summed E-state index contributed by atoms with van der Waals surface area (Å²) in [5.41, 5.74) is -2.24. The average Bonchev–Trinajstić information content (AvgIpc) is 2.22. The molecule has 6 heteroatoms. The Labute approximate surface area is 107 Å². The van der Waals surface area contributed by atoms with Crippen LogP contribution in [0.4, 0.5) is 0 Å². The lowest BCUT2D eigenvalue weighted by Crippen LogP contribution is -2.26. The van der Waals surface area contributed by atoms with Gasteiger partial charge in [0.2, 0.25) is 5.69 Å². The van der Waals surface area contributed by atoms with Gasteiger partial charge in [0.05, 0.1) is 19.3 Å². The molecule has 1 fully saturated rings. The highest BCUT2D eigenvalue weighted by Gasteiger charge is 2.31. The van der Waals surface area contributed by atoms with Crippen LogP contribution >= 0.6 is 17.1 Å². The molecule has 96 valence electrons. The Kier molecular flexibility index (Phi) is 6.86. The molecule has 0 aromatic rings. The van der Waals surface area contributed by atoms with Crippen molar-refractivity contribution >= 4 is 28.9 Å². The van der Waals surface area contributed by atoms with Crippen molar-refractivity contribution < 1.29 is 14.2 Å². The van der Waals surface area contributed by atoms with Crippen molar-refractivity contribution in [2.45, 2.75) is 50.9 Å². The minimum Gasteiger partial charge on any atom is -0.392 e. The third kappa shape index (κ3) is 4.63. The summed E-state index contributed by atoms with van der Waals surface area (Å²) in [6.07, 6.45) is 3.93. The Balaban J connectivity index is 2.55. The zero-order valence-corrected chi connectivity index (χ0v) is 12.5. The standard InChI is InChI=1S/C10H21O3PS2/c1-3-12-14(15,13-4-2)16-10-8-6-5-7-9(10)11/h9-11H,3-8H2,1-2H3/t9-,10-/m0/s1. The predicted molar refractivity (Wildman–Crippen MR) is 73.4 cm³/mol. The Morgan fingerprint density at radius 2 is 1.81 bits per heavy atom. The lowest BCUT2D eigenvalue weighted by atomic mass is 9.97. The average molecular weight is 284 g/mol. The summed E-state index contributed by atoms with van der Waals surface area (Å²) in [4.78, 5) is 0. The third-order valence-corrected chi connectivity index (χ3v) is 8.36. The normalized spacial score (nSPS) is 26.9. The predicted octanol–water partition coefficient (Wildman–Crippen LogP) is 3.32. The summed E-state index contributed by atoms with van der Waals surface area (Å²) in [7, 11) is 0. The van der Waals surface area contributed by atoms with E-state index in [2.05, 4.69) is 0 Å². The summed E-state index contributed by atoms with van der Waals surface area (Å²) in [6, 6.07) is 0. The quantitative estimate of drug-likeness (QED) is 0.757. The first kappa shape index (κ1) is 14.9. The van der Waals surface area contributed by atoms with Gasteiger partial charge in [-0.25, -0.2) is 0 Å². The highest BCUT2D eigenvalue weighted by atomic mass is 32.9. The maximum absolute atomic E-state index is 9.91. The number of hydrogen-bond donors (Lipinski definition) is 1. The fourth-order valence-electron chi connectivity index (χ4n) is 1.78. The summed E-state index contributed by atoms with van der Waals surface area (Å²) < 4.78 is 11.2. The molecule has 0 amide bonds. The van der Waals surface area contributed by atoms with E-state index in [1.165, 1.54) is 6.42 Å². The molecule has 0 aliphatic heterocycles. The van der Waals surface area contributed by atoms with Gasteiger partial charge in [0, 0.05) is 5.25 Å². The highest BCUT2D eigenvalue weighted by Crippen LogP contribution is 2.64. The van der Waals surface area contributed by atoms with Crippen LogP contribution in [-0.4, -0.2) is 29.7 Å². The molecule has 1 aliphatic rings. The van der Waals surface area contributed by atoms with Gasteiger partial charge in [0.25, 0.3) is 0 Å². The molecule has 0 unspecified atom stereocenters. The molecular formula is C10H21O3PS2. The lowest BCUT2D eigenvalue weighted by molar-refractivity contribution is 0.137. The van der Waals surface area contributed by atoms with Crippen molar-refractivity contribution in [1.82, 2.24) is 0 Å². The molecule has 1 aliphatic carbocycles. The second-order valence-electron chi connectivity index (χ2n) is 3.78. The minimum atomic E-state index is -2.24. The van der Waals surface area contributed by atoms with E-state index in [-0.39, 0.29) is 11.4 Å². The smallest absolute Gasteiger partial charge is 0.247 e. The van der Waals surface area contributed by atoms with Crippen LogP contribution in [0.3, 0.4) is 0 Å². The zero-order chi connectivity index (χ0) is 12.0. The van der Waals surface area contributed by atoms with Gasteiger partial charge in [-0.2, -0.15) is 0 Å². The van der Waals surface area contributed by atoms with Crippen molar-refractivity contribution in [1.29, 1.82) is 0 Å². The van der Waals surface area contributed by atoms with Gasteiger partial charge in [-0.05, 0) is 38.5 Å². The molecule has 0 bridgehead atoms. The van der Waals surface area contributed by atoms with E-state index >= 15 is 0 Å². The molecule has 0 spiro atoms. The first-order chi connectivity index (χ1) is 7.61. The van der Waals surface area contributed by atoms with Crippen molar-refractivity contribution in [2.24, 2.45) is 0 Å². The number of rotatable bonds is 6. The molecular weight excluding hydrogens is 263 g/mol. The molecule has 1 rings (SSSR count). The van der Waals surface area contributed by atoms with E-state index in [0.29, 0.717) is 13.2 Å². The Morgan fingerprint density at radius 1 is 1.25 bits per heavy atom. The van der Waals surface area contributed by atoms with Crippen LogP contribution in [0.15, 0.2) is 0 Å². The molecule has 1 N–H and O–H groups in total. The Hall–Kier alpha value is 0.880. The fourth-order valence-corrected chi connectivity index (χ4v) is 7.85. The van der Waals surface area contributed by atoms with E-state index in [1.54, 1.807) is 11.4 Å².